The molecule has 0 bridgehead atoms. The van der Waals surface area contributed by atoms with Crippen molar-refractivity contribution in [3.63, 3.8) is 0 Å². The van der Waals surface area contributed by atoms with Crippen molar-refractivity contribution < 1.29 is 9.90 Å². The maximum Gasteiger partial charge on any atom is 0.335 e. The van der Waals surface area contributed by atoms with E-state index in [0.717, 1.165) is 29.7 Å². The van der Waals surface area contributed by atoms with Crippen LogP contribution in [0.2, 0.25) is 0 Å². The molecular weight excluding hydrogens is 284 g/mol. The fourth-order valence-electron chi connectivity index (χ4n) is 1.35. The fourth-order valence-corrected chi connectivity index (χ4v) is 1.87. The summed E-state index contributed by atoms with van der Waals surface area (Å²) in [5.41, 5.74) is 1.36. The molecule has 0 aliphatic carbocycles. The smallest absolute Gasteiger partial charge is 0.335 e. The van der Waals surface area contributed by atoms with Gasteiger partial charge in [0.1, 0.15) is 0 Å². The predicted octanol–water partition coefficient (Wildman–Crippen LogP) is 1.80. The Morgan fingerprint density at radius 3 is 2.71 bits per heavy atom. The topological polar surface area (TPSA) is 52.6 Å². The minimum atomic E-state index is -0.905. The largest absolute Gasteiger partial charge is 0.478 e. The highest BCUT2D eigenvalue weighted by atomic mass is 79.9. The highest BCUT2D eigenvalue weighted by molar-refractivity contribution is 9.10. The lowest BCUT2D eigenvalue weighted by molar-refractivity contribution is 0.0697. The first-order valence-corrected chi connectivity index (χ1v) is 6.17. The van der Waals surface area contributed by atoms with Crippen LogP contribution in [0.25, 0.3) is 0 Å². The summed E-state index contributed by atoms with van der Waals surface area (Å²) in [6.07, 6.45) is 0. The Morgan fingerprint density at radius 1 is 1.47 bits per heavy atom. The molecule has 1 aromatic rings. The number of carboxylic acid groups (broad SMARTS) is 1. The number of rotatable bonds is 6. The van der Waals surface area contributed by atoms with Crippen LogP contribution in [0.5, 0.6) is 0 Å². The molecule has 1 aromatic carbocycles. The highest BCUT2D eigenvalue weighted by Crippen LogP contribution is 2.18. The molecule has 0 unspecified atom stereocenters. The van der Waals surface area contributed by atoms with E-state index in [1.54, 1.807) is 12.1 Å². The molecule has 0 heterocycles. The van der Waals surface area contributed by atoms with Gasteiger partial charge in [0.25, 0.3) is 0 Å². The average Bonchev–Trinajstić information content (AvgIpc) is 2.25. The van der Waals surface area contributed by atoms with E-state index in [0.29, 0.717) is 5.56 Å². The number of carboxylic acids is 1. The third-order valence-corrected chi connectivity index (χ3v) is 3.09. The van der Waals surface area contributed by atoms with Crippen molar-refractivity contribution in [1.82, 2.24) is 10.2 Å². The molecular formula is C12H17BrN2O2. The summed E-state index contributed by atoms with van der Waals surface area (Å²) in [6, 6.07) is 5.08. The zero-order valence-corrected chi connectivity index (χ0v) is 11.6. The van der Waals surface area contributed by atoms with Crippen LogP contribution < -0.4 is 5.32 Å². The van der Waals surface area contributed by atoms with Crippen molar-refractivity contribution in [3.05, 3.63) is 33.8 Å². The molecule has 0 radical (unpaired) electrons. The molecule has 2 N–H and O–H groups in total. The molecule has 4 nitrogen and oxygen atoms in total. The quantitative estimate of drug-likeness (QED) is 0.787. The van der Waals surface area contributed by atoms with Crippen molar-refractivity contribution in [2.24, 2.45) is 0 Å². The van der Waals surface area contributed by atoms with Crippen LogP contribution in [0, 0.1) is 0 Å². The van der Waals surface area contributed by atoms with Crippen molar-refractivity contribution in [2.75, 3.05) is 27.2 Å². The van der Waals surface area contributed by atoms with Gasteiger partial charge >= 0.3 is 5.97 Å². The van der Waals surface area contributed by atoms with Gasteiger partial charge in [0.15, 0.2) is 0 Å². The minimum Gasteiger partial charge on any atom is -0.478 e. The maximum atomic E-state index is 10.8. The zero-order chi connectivity index (χ0) is 12.8. The van der Waals surface area contributed by atoms with Gasteiger partial charge < -0.3 is 15.3 Å². The summed E-state index contributed by atoms with van der Waals surface area (Å²) in [5.74, 6) is -0.905. The summed E-state index contributed by atoms with van der Waals surface area (Å²) in [7, 11) is 4.05. The van der Waals surface area contributed by atoms with Gasteiger partial charge in [0.05, 0.1) is 5.56 Å². The number of hydrogen-bond acceptors (Lipinski definition) is 3. The Hall–Kier alpha value is -0.910. The molecule has 0 fully saturated rings. The van der Waals surface area contributed by atoms with Gasteiger partial charge in [0, 0.05) is 24.1 Å². The number of hydrogen-bond donors (Lipinski definition) is 2. The molecule has 0 amide bonds. The van der Waals surface area contributed by atoms with E-state index in [1.807, 2.05) is 20.2 Å². The SMILES string of the molecule is CN(C)CCNCc1ccc(C(=O)O)cc1Br. The van der Waals surface area contributed by atoms with E-state index < -0.39 is 5.97 Å². The van der Waals surface area contributed by atoms with Crippen LogP contribution in [-0.4, -0.2) is 43.2 Å². The van der Waals surface area contributed by atoms with E-state index in [-0.39, 0.29) is 0 Å². The second kappa shape index (κ2) is 6.74. The van der Waals surface area contributed by atoms with Gasteiger partial charge in [-0.15, -0.1) is 0 Å². The lowest BCUT2D eigenvalue weighted by Gasteiger charge is -2.11. The van der Waals surface area contributed by atoms with Crippen LogP contribution in [0.3, 0.4) is 0 Å². The molecule has 0 saturated heterocycles. The lowest BCUT2D eigenvalue weighted by Crippen LogP contribution is -2.26. The molecule has 0 spiro atoms. The standard InChI is InChI=1S/C12H17BrN2O2/c1-15(2)6-5-14-8-10-4-3-9(12(16)17)7-11(10)13/h3-4,7,14H,5-6,8H2,1-2H3,(H,16,17). The summed E-state index contributed by atoms with van der Waals surface area (Å²) >= 11 is 3.38. The van der Waals surface area contributed by atoms with Crippen LogP contribution >= 0.6 is 15.9 Å². The van der Waals surface area contributed by atoms with Crippen LogP contribution in [0.1, 0.15) is 15.9 Å². The predicted molar refractivity (Wildman–Crippen MR) is 71.4 cm³/mol. The van der Waals surface area contributed by atoms with Crippen molar-refractivity contribution in [1.29, 1.82) is 0 Å². The number of halogens is 1. The summed E-state index contributed by atoms with van der Waals surface area (Å²) in [6.45, 7) is 2.61. The first-order chi connectivity index (χ1) is 8.00. The fraction of sp³-hybridized carbons (Fsp3) is 0.417. The maximum absolute atomic E-state index is 10.8. The third kappa shape index (κ3) is 4.85. The van der Waals surface area contributed by atoms with Gasteiger partial charge in [-0.1, -0.05) is 22.0 Å². The normalized spacial score (nSPS) is 10.8. The minimum absolute atomic E-state index is 0.300. The zero-order valence-electron chi connectivity index (χ0n) is 10.0. The molecule has 0 atom stereocenters. The number of nitrogens with one attached hydrogen (secondary N) is 1. The van der Waals surface area contributed by atoms with Gasteiger partial charge in [0.2, 0.25) is 0 Å². The first kappa shape index (κ1) is 14.2. The van der Waals surface area contributed by atoms with Gasteiger partial charge in [-0.3, -0.25) is 0 Å². The lowest BCUT2D eigenvalue weighted by atomic mass is 10.1. The number of aromatic carboxylic acids is 1. The average molecular weight is 301 g/mol. The molecule has 0 aromatic heterocycles. The second-order valence-electron chi connectivity index (χ2n) is 4.09. The molecule has 0 saturated carbocycles. The van der Waals surface area contributed by atoms with E-state index in [4.69, 9.17) is 5.11 Å². The van der Waals surface area contributed by atoms with Crippen LogP contribution in [0.15, 0.2) is 22.7 Å². The Balaban J connectivity index is 2.52. The third-order valence-electron chi connectivity index (χ3n) is 2.35. The first-order valence-electron chi connectivity index (χ1n) is 5.38. The number of nitrogens with zero attached hydrogens (tertiary/aromatic N) is 1. The Labute approximate surface area is 110 Å². The van der Waals surface area contributed by atoms with Gasteiger partial charge in [-0.2, -0.15) is 0 Å². The van der Waals surface area contributed by atoms with Crippen molar-refractivity contribution >= 4 is 21.9 Å². The van der Waals surface area contributed by atoms with E-state index in [9.17, 15) is 4.79 Å². The number of carbonyl (C=O) groups is 1. The molecule has 1 rings (SSSR count). The summed E-state index contributed by atoms with van der Waals surface area (Å²) < 4.78 is 0.828. The van der Waals surface area contributed by atoms with Crippen molar-refractivity contribution in [2.45, 2.75) is 6.54 Å². The molecule has 94 valence electrons. The summed E-state index contributed by atoms with van der Waals surface area (Å²) in [4.78, 5) is 12.9. The Kier molecular flexibility index (Phi) is 5.61. The van der Waals surface area contributed by atoms with Gasteiger partial charge in [-0.05, 0) is 31.8 Å². The second-order valence-corrected chi connectivity index (χ2v) is 4.95. The molecule has 0 aliphatic rings. The van der Waals surface area contributed by atoms with Crippen LogP contribution in [0.4, 0.5) is 0 Å². The van der Waals surface area contributed by atoms with Crippen molar-refractivity contribution in [3.8, 4) is 0 Å². The number of benzene rings is 1. The highest BCUT2D eigenvalue weighted by Gasteiger charge is 2.06. The van der Waals surface area contributed by atoms with E-state index in [1.165, 1.54) is 0 Å². The molecule has 5 heteroatoms. The number of likely N-dealkylation sites (N-methyl/N-ethyl adjacent to an activating group) is 1. The van der Waals surface area contributed by atoms with E-state index >= 15 is 0 Å². The molecule has 17 heavy (non-hydrogen) atoms. The van der Waals surface area contributed by atoms with Crippen LogP contribution in [-0.2, 0) is 6.54 Å². The Bertz CT molecular complexity index is 394. The molecule has 0 aliphatic heterocycles. The summed E-state index contributed by atoms with van der Waals surface area (Å²) in [5, 5.41) is 12.1. The van der Waals surface area contributed by atoms with Gasteiger partial charge in [-0.25, -0.2) is 4.79 Å². The Morgan fingerprint density at radius 2 is 2.18 bits per heavy atom. The monoisotopic (exact) mass is 300 g/mol. The van der Waals surface area contributed by atoms with E-state index in [2.05, 4.69) is 26.1 Å².